The van der Waals surface area contributed by atoms with Gasteiger partial charge in [0.25, 0.3) is 5.69 Å². The highest BCUT2D eigenvalue weighted by molar-refractivity contribution is 6.39. The second kappa shape index (κ2) is 9.38. The molecule has 0 bridgehead atoms. The van der Waals surface area contributed by atoms with Crippen LogP contribution in [0.1, 0.15) is 23.0 Å². The van der Waals surface area contributed by atoms with E-state index in [1.807, 2.05) is 0 Å². The number of halogens is 3. The summed E-state index contributed by atoms with van der Waals surface area (Å²) in [6.45, 7) is 1.82. The van der Waals surface area contributed by atoms with Gasteiger partial charge in [-0.3, -0.25) is 14.9 Å². The number of anilines is 1. The number of nitrogens with zero attached hydrogens (tertiary/aromatic N) is 1. The van der Waals surface area contributed by atoms with E-state index in [1.165, 1.54) is 24.3 Å². The van der Waals surface area contributed by atoms with Gasteiger partial charge in [-0.2, -0.15) is 0 Å². The number of hydrogen-bond acceptors (Lipinski definition) is 5. The minimum absolute atomic E-state index is 0.0512. The summed E-state index contributed by atoms with van der Waals surface area (Å²) in [5.41, 5.74) is 0.780. The molecule has 0 radical (unpaired) electrons. The molecule has 2 aromatic carbocycles. The van der Waals surface area contributed by atoms with Crippen LogP contribution in [0.4, 0.5) is 11.4 Å². The summed E-state index contributed by atoms with van der Waals surface area (Å²) in [5.74, 6) is -1.22. The second-order valence-corrected chi connectivity index (χ2v) is 7.44. The maximum Gasteiger partial charge on any atom is 0.355 e. The van der Waals surface area contributed by atoms with Gasteiger partial charge in [0, 0.05) is 39.3 Å². The Bertz CT molecular complexity index is 1240. The Morgan fingerprint density at radius 2 is 1.94 bits per heavy atom. The minimum atomic E-state index is -0.654. The summed E-state index contributed by atoms with van der Waals surface area (Å²) < 4.78 is 5.06. The third kappa shape index (κ3) is 4.99. The van der Waals surface area contributed by atoms with Crippen molar-refractivity contribution in [2.45, 2.75) is 6.92 Å². The predicted octanol–water partition coefficient (Wildman–Crippen LogP) is 5.86. The first-order valence-electron chi connectivity index (χ1n) is 8.82. The van der Waals surface area contributed by atoms with Gasteiger partial charge in [-0.1, -0.05) is 34.8 Å². The molecule has 3 aromatic rings. The SMILES string of the molecule is CCOC(=O)c1[nH]c2cc(Cl)cc(Cl)c2c1/C=C/C(=O)Nc1ccc(Cl)c([N+](=O)[O-])c1. The molecule has 0 spiro atoms. The van der Waals surface area contributed by atoms with Crippen molar-refractivity contribution in [2.24, 2.45) is 0 Å². The number of nitrogens with one attached hydrogen (secondary N) is 2. The lowest BCUT2D eigenvalue weighted by Crippen LogP contribution is -2.09. The summed E-state index contributed by atoms with van der Waals surface area (Å²) in [7, 11) is 0. The fourth-order valence-electron chi connectivity index (χ4n) is 2.88. The van der Waals surface area contributed by atoms with E-state index in [2.05, 4.69) is 10.3 Å². The normalized spacial score (nSPS) is 11.1. The van der Waals surface area contributed by atoms with Crippen LogP contribution < -0.4 is 5.32 Å². The van der Waals surface area contributed by atoms with Crippen LogP contribution >= 0.6 is 34.8 Å². The number of carbonyl (C=O) groups is 2. The van der Waals surface area contributed by atoms with Gasteiger partial charge < -0.3 is 15.0 Å². The van der Waals surface area contributed by atoms with Crippen LogP contribution in [-0.4, -0.2) is 28.4 Å². The third-order valence-electron chi connectivity index (χ3n) is 4.14. The van der Waals surface area contributed by atoms with Gasteiger partial charge in [0.1, 0.15) is 10.7 Å². The monoisotopic (exact) mass is 481 g/mol. The van der Waals surface area contributed by atoms with Gasteiger partial charge >= 0.3 is 5.97 Å². The van der Waals surface area contributed by atoms with Crippen LogP contribution in [0.2, 0.25) is 15.1 Å². The van der Waals surface area contributed by atoms with E-state index in [4.69, 9.17) is 39.5 Å². The number of aromatic nitrogens is 1. The Labute approximate surface area is 190 Å². The standard InChI is InChI=1S/C20H14Cl3N3O5/c1-2-31-20(28)19-12(18-14(23)7-10(21)8-15(18)25-19)4-6-17(27)24-11-3-5-13(22)16(9-11)26(29)30/h3-9,25H,2H2,1H3,(H,24,27)/b6-4+. The van der Waals surface area contributed by atoms with E-state index >= 15 is 0 Å². The molecule has 1 aromatic heterocycles. The van der Waals surface area contributed by atoms with E-state index in [-0.39, 0.29) is 33.7 Å². The lowest BCUT2D eigenvalue weighted by molar-refractivity contribution is -0.384. The van der Waals surface area contributed by atoms with E-state index in [0.717, 1.165) is 12.1 Å². The first-order chi connectivity index (χ1) is 14.7. The molecule has 31 heavy (non-hydrogen) atoms. The molecule has 0 aliphatic rings. The van der Waals surface area contributed by atoms with Crippen molar-refractivity contribution in [3.8, 4) is 0 Å². The molecular formula is C20H14Cl3N3O5. The van der Waals surface area contributed by atoms with Gasteiger partial charge in [-0.25, -0.2) is 4.79 Å². The van der Waals surface area contributed by atoms with Gasteiger partial charge in [0.15, 0.2) is 0 Å². The minimum Gasteiger partial charge on any atom is -0.461 e. The van der Waals surface area contributed by atoms with E-state index in [1.54, 1.807) is 13.0 Å². The highest BCUT2D eigenvalue weighted by atomic mass is 35.5. The Hall–Kier alpha value is -3.07. The number of esters is 1. The molecule has 0 saturated heterocycles. The number of H-pyrrole nitrogens is 1. The summed E-state index contributed by atoms with van der Waals surface area (Å²) in [5, 5.41) is 14.6. The maximum absolute atomic E-state index is 12.4. The van der Waals surface area contributed by atoms with Crippen molar-refractivity contribution < 1.29 is 19.2 Å². The molecule has 1 heterocycles. The zero-order valence-corrected chi connectivity index (χ0v) is 18.1. The molecule has 0 unspecified atom stereocenters. The molecular weight excluding hydrogens is 469 g/mol. The maximum atomic E-state index is 12.4. The van der Waals surface area contributed by atoms with E-state index < -0.39 is 16.8 Å². The number of aromatic amines is 1. The molecule has 2 N–H and O–H groups in total. The summed E-state index contributed by atoms with van der Waals surface area (Å²) in [4.78, 5) is 38.0. The fourth-order valence-corrected chi connectivity index (χ4v) is 3.66. The number of amides is 1. The number of hydrogen-bond donors (Lipinski definition) is 2. The quantitative estimate of drug-likeness (QED) is 0.197. The summed E-state index contributed by atoms with van der Waals surface area (Å²) in [6, 6.07) is 6.98. The Morgan fingerprint density at radius 3 is 2.61 bits per heavy atom. The summed E-state index contributed by atoms with van der Waals surface area (Å²) >= 11 is 18.1. The molecule has 11 heteroatoms. The summed E-state index contributed by atoms with van der Waals surface area (Å²) in [6.07, 6.45) is 2.56. The van der Waals surface area contributed by atoms with Crippen molar-refractivity contribution in [3.63, 3.8) is 0 Å². The highest BCUT2D eigenvalue weighted by Gasteiger charge is 2.20. The highest BCUT2D eigenvalue weighted by Crippen LogP contribution is 2.34. The molecule has 0 atom stereocenters. The number of nitro groups is 1. The molecule has 160 valence electrons. The number of fused-ring (bicyclic) bond motifs is 1. The number of nitro benzene ring substituents is 1. The van der Waals surface area contributed by atoms with Crippen LogP contribution in [-0.2, 0) is 9.53 Å². The van der Waals surface area contributed by atoms with Crippen molar-refractivity contribution in [2.75, 3.05) is 11.9 Å². The average Bonchev–Trinajstić information content (AvgIpc) is 3.06. The van der Waals surface area contributed by atoms with Gasteiger partial charge in [-0.15, -0.1) is 0 Å². The molecule has 0 fully saturated rings. The van der Waals surface area contributed by atoms with Crippen molar-refractivity contribution in [3.05, 3.63) is 72.8 Å². The van der Waals surface area contributed by atoms with Gasteiger partial charge in [-0.05, 0) is 37.3 Å². The van der Waals surface area contributed by atoms with Crippen LogP contribution in [0.5, 0.6) is 0 Å². The molecule has 3 rings (SSSR count). The third-order valence-corrected chi connectivity index (χ3v) is 4.98. The average molecular weight is 483 g/mol. The molecule has 0 aliphatic carbocycles. The van der Waals surface area contributed by atoms with Gasteiger partial charge in [0.2, 0.25) is 5.91 Å². The Balaban J connectivity index is 1.95. The van der Waals surface area contributed by atoms with E-state index in [0.29, 0.717) is 21.5 Å². The van der Waals surface area contributed by atoms with Crippen LogP contribution in [0.3, 0.4) is 0 Å². The van der Waals surface area contributed by atoms with Crippen molar-refractivity contribution in [1.29, 1.82) is 0 Å². The van der Waals surface area contributed by atoms with Crippen molar-refractivity contribution in [1.82, 2.24) is 4.98 Å². The molecule has 0 aliphatic heterocycles. The largest absolute Gasteiger partial charge is 0.461 e. The number of ether oxygens (including phenoxy) is 1. The number of rotatable bonds is 6. The van der Waals surface area contributed by atoms with Gasteiger partial charge in [0.05, 0.1) is 16.6 Å². The molecule has 0 saturated carbocycles. The van der Waals surface area contributed by atoms with Crippen molar-refractivity contribution >= 4 is 75.0 Å². The first-order valence-corrected chi connectivity index (χ1v) is 9.95. The number of carbonyl (C=O) groups excluding carboxylic acids is 2. The van der Waals surface area contributed by atoms with E-state index in [9.17, 15) is 19.7 Å². The smallest absolute Gasteiger partial charge is 0.355 e. The predicted molar refractivity (Wildman–Crippen MR) is 120 cm³/mol. The number of benzene rings is 2. The Kier molecular flexibility index (Phi) is 6.84. The zero-order chi connectivity index (χ0) is 22.7. The second-order valence-electron chi connectivity index (χ2n) is 6.19. The fraction of sp³-hybridized carbons (Fsp3) is 0.100. The van der Waals surface area contributed by atoms with Crippen LogP contribution in [0, 0.1) is 10.1 Å². The first kappa shape index (κ1) is 22.6. The van der Waals surface area contributed by atoms with Crippen LogP contribution in [0.25, 0.3) is 17.0 Å². The lowest BCUT2D eigenvalue weighted by Gasteiger charge is -2.04. The molecule has 8 nitrogen and oxygen atoms in total. The zero-order valence-electron chi connectivity index (χ0n) is 15.9. The lowest BCUT2D eigenvalue weighted by atomic mass is 10.1. The molecule has 1 amide bonds. The van der Waals surface area contributed by atoms with Crippen LogP contribution in [0.15, 0.2) is 36.4 Å². The Morgan fingerprint density at radius 1 is 1.19 bits per heavy atom. The topological polar surface area (TPSA) is 114 Å².